The predicted molar refractivity (Wildman–Crippen MR) is 57.7 cm³/mol. The van der Waals surface area contributed by atoms with Crippen molar-refractivity contribution in [3.63, 3.8) is 0 Å². The third-order valence-corrected chi connectivity index (χ3v) is 4.65. The molecule has 0 spiro atoms. The van der Waals surface area contributed by atoms with Crippen LogP contribution in [0.4, 0.5) is 0 Å². The van der Waals surface area contributed by atoms with Crippen molar-refractivity contribution < 1.29 is 0 Å². The molecule has 0 aromatic rings. The molecule has 2 aliphatic carbocycles. The lowest BCUT2D eigenvalue weighted by atomic mass is 9.69. The first-order valence-electron chi connectivity index (χ1n) is 6.24. The molecule has 0 saturated heterocycles. The molecule has 0 nitrogen and oxygen atoms in total. The van der Waals surface area contributed by atoms with E-state index in [1.165, 1.54) is 44.9 Å². The summed E-state index contributed by atoms with van der Waals surface area (Å²) in [6.07, 6.45) is 12.1. The predicted octanol–water partition coefficient (Wildman–Crippen LogP) is 4.39. The molecule has 2 fully saturated rings. The van der Waals surface area contributed by atoms with E-state index in [1.54, 1.807) is 6.42 Å². The van der Waals surface area contributed by atoms with Gasteiger partial charge in [-0.15, -0.1) is 0 Å². The Bertz CT molecular complexity index is 169. The smallest absolute Gasteiger partial charge is 0.0295 e. The van der Waals surface area contributed by atoms with Gasteiger partial charge in [-0.1, -0.05) is 46.0 Å². The molecular weight excluding hydrogens is 156 g/mol. The fourth-order valence-electron chi connectivity index (χ4n) is 3.46. The first-order valence-corrected chi connectivity index (χ1v) is 6.24. The molecule has 0 aliphatic heterocycles. The van der Waals surface area contributed by atoms with Gasteiger partial charge in [-0.25, -0.2) is 0 Å². The second-order valence-electron chi connectivity index (χ2n) is 5.70. The highest BCUT2D eigenvalue weighted by Crippen LogP contribution is 2.51. The van der Waals surface area contributed by atoms with Crippen LogP contribution in [0.1, 0.15) is 65.2 Å². The van der Waals surface area contributed by atoms with E-state index >= 15 is 0 Å². The Morgan fingerprint density at radius 2 is 2.00 bits per heavy atom. The Labute approximate surface area is 83.1 Å². The van der Waals surface area contributed by atoms with E-state index in [1.807, 2.05) is 0 Å². The van der Waals surface area contributed by atoms with Gasteiger partial charge < -0.3 is 0 Å². The molecule has 76 valence electrons. The molecule has 2 aliphatic rings. The molecule has 2 saturated carbocycles. The molecule has 0 heteroatoms. The fourth-order valence-corrected chi connectivity index (χ4v) is 3.46. The van der Waals surface area contributed by atoms with Crippen molar-refractivity contribution in [2.75, 3.05) is 0 Å². The Hall–Kier alpha value is 0. The summed E-state index contributed by atoms with van der Waals surface area (Å²) in [5.74, 6) is 2.13. The van der Waals surface area contributed by atoms with E-state index in [9.17, 15) is 0 Å². The fraction of sp³-hybridized carbons (Fsp3) is 1.00. The SMILES string of the molecule is CCC1(CC2CCC2)CCC(C)C1. The molecule has 0 heterocycles. The highest BCUT2D eigenvalue weighted by Gasteiger charge is 2.38. The van der Waals surface area contributed by atoms with Crippen molar-refractivity contribution in [2.45, 2.75) is 65.2 Å². The van der Waals surface area contributed by atoms with E-state index < -0.39 is 0 Å². The molecule has 2 atom stereocenters. The van der Waals surface area contributed by atoms with Crippen molar-refractivity contribution in [3.8, 4) is 0 Å². The first kappa shape index (κ1) is 9.55. The van der Waals surface area contributed by atoms with Crippen molar-refractivity contribution >= 4 is 0 Å². The van der Waals surface area contributed by atoms with Gasteiger partial charge in [0.05, 0.1) is 0 Å². The van der Waals surface area contributed by atoms with Crippen LogP contribution in [-0.4, -0.2) is 0 Å². The van der Waals surface area contributed by atoms with Crippen LogP contribution < -0.4 is 0 Å². The normalized spacial score (nSPS) is 40.6. The molecule has 2 unspecified atom stereocenters. The standard InChI is InChI=1S/C13H24/c1-3-13(8-7-11(2)9-13)10-12-5-4-6-12/h11-12H,3-10H2,1-2H3. The second kappa shape index (κ2) is 3.63. The van der Waals surface area contributed by atoms with E-state index in [0.29, 0.717) is 0 Å². The quantitative estimate of drug-likeness (QED) is 0.604. The summed E-state index contributed by atoms with van der Waals surface area (Å²) in [6.45, 7) is 4.86. The molecule has 0 radical (unpaired) electrons. The highest BCUT2D eigenvalue weighted by molar-refractivity contribution is 4.90. The third kappa shape index (κ3) is 1.92. The van der Waals surface area contributed by atoms with Crippen molar-refractivity contribution in [1.82, 2.24) is 0 Å². The zero-order valence-corrected chi connectivity index (χ0v) is 9.31. The van der Waals surface area contributed by atoms with Crippen LogP contribution in [-0.2, 0) is 0 Å². The molecule has 2 rings (SSSR count). The van der Waals surface area contributed by atoms with E-state index in [0.717, 1.165) is 17.3 Å². The van der Waals surface area contributed by atoms with Gasteiger partial charge in [0, 0.05) is 0 Å². The van der Waals surface area contributed by atoms with Gasteiger partial charge in [-0.3, -0.25) is 0 Å². The summed E-state index contributed by atoms with van der Waals surface area (Å²) in [5, 5.41) is 0. The van der Waals surface area contributed by atoms with Crippen LogP contribution in [0.3, 0.4) is 0 Å². The maximum Gasteiger partial charge on any atom is -0.0295 e. The van der Waals surface area contributed by atoms with Gasteiger partial charge in [-0.2, -0.15) is 0 Å². The molecule has 13 heavy (non-hydrogen) atoms. The van der Waals surface area contributed by atoms with Gasteiger partial charge in [0.25, 0.3) is 0 Å². The summed E-state index contributed by atoms with van der Waals surface area (Å²) in [7, 11) is 0. The van der Waals surface area contributed by atoms with Crippen molar-refractivity contribution in [2.24, 2.45) is 17.3 Å². The second-order valence-corrected chi connectivity index (χ2v) is 5.70. The maximum atomic E-state index is 2.44. The maximum absolute atomic E-state index is 2.44. The molecule has 0 amide bonds. The summed E-state index contributed by atoms with van der Waals surface area (Å²) in [5.41, 5.74) is 0.782. The van der Waals surface area contributed by atoms with Gasteiger partial charge in [-0.05, 0) is 36.5 Å². The molecule has 0 bridgehead atoms. The average Bonchev–Trinajstić information content (AvgIpc) is 2.42. The number of hydrogen-bond donors (Lipinski definition) is 0. The van der Waals surface area contributed by atoms with Crippen LogP contribution in [0.25, 0.3) is 0 Å². The topological polar surface area (TPSA) is 0 Å². The summed E-state index contributed by atoms with van der Waals surface area (Å²) >= 11 is 0. The monoisotopic (exact) mass is 180 g/mol. The van der Waals surface area contributed by atoms with Crippen LogP contribution in [0.2, 0.25) is 0 Å². The van der Waals surface area contributed by atoms with Gasteiger partial charge >= 0.3 is 0 Å². The highest BCUT2D eigenvalue weighted by atomic mass is 14.4. The lowest BCUT2D eigenvalue weighted by molar-refractivity contribution is 0.153. The van der Waals surface area contributed by atoms with E-state index in [2.05, 4.69) is 13.8 Å². The van der Waals surface area contributed by atoms with Crippen LogP contribution in [0.5, 0.6) is 0 Å². The lowest BCUT2D eigenvalue weighted by Crippen LogP contribution is -2.24. The Balaban J connectivity index is 1.90. The largest absolute Gasteiger partial charge is 0.0649 e. The van der Waals surface area contributed by atoms with Crippen molar-refractivity contribution in [1.29, 1.82) is 0 Å². The zero-order chi connectivity index (χ0) is 9.31. The van der Waals surface area contributed by atoms with E-state index in [-0.39, 0.29) is 0 Å². The Morgan fingerprint density at radius 3 is 2.38 bits per heavy atom. The van der Waals surface area contributed by atoms with Gasteiger partial charge in [0.1, 0.15) is 0 Å². The molecule has 0 aromatic heterocycles. The van der Waals surface area contributed by atoms with Gasteiger partial charge in [0.15, 0.2) is 0 Å². The zero-order valence-electron chi connectivity index (χ0n) is 9.31. The molecular formula is C13H24. The van der Waals surface area contributed by atoms with Gasteiger partial charge in [0.2, 0.25) is 0 Å². The minimum atomic E-state index is 0.782. The summed E-state index contributed by atoms with van der Waals surface area (Å²) in [6, 6.07) is 0. The van der Waals surface area contributed by atoms with Crippen LogP contribution >= 0.6 is 0 Å². The first-order chi connectivity index (χ1) is 6.24. The van der Waals surface area contributed by atoms with E-state index in [4.69, 9.17) is 0 Å². The molecule has 0 aromatic carbocycles. The number of hydrogen-bond acceptors (Lipinski definition) is 0. The summed E-state index contributed by atoms with van der Waals surface area (Å²) in [4.78, 5) is 0. The molecule has 0 N–H and O–H groups in total. The van der Waals surface area contributed by atoms with Crippen molar-refractivity contribution in [3.05, 3.63) is 0 Å². The average molecular weight is 180 g/mol. The Morgan fingerprint density at radius 1 is 1.23 bits per heavy atom. The minimum absolute atomic E-state index is 0.782. The van der Waals surface area contributed by atoms with Crippen LogP contribution in [0, 0.1) is 17.3 Å². The number of rotatable bonds is 3. The third-order valence-electron chi connectivity index (χ3n) is 4.65. The Kier molecular flexibility index (Phi) is 2.67. The summed E-state index contributed by atoms with van der Waals surface area (Å²) < 4.78 is 0. The minimum Gasteiger partial charge on any atom is -0.0649 e. The van der Waals surface area contributed by atoms with Crippen LogP contribution in [0.15, 0.2) is 0 Å². The lowest BCUT2D eigenvalue weighted by Gasteiger charge is -2.36.